The zero-order chi connectivity index (χ0) is 21.2. The third-order valence-corrected chi connectivity index (χ3v) is 5.31. The summed E-state index contributed by atoms with van der Waals surface area (Å²) in [5, 5.41) is 5.38. The first-order valence-electron chi connectivity index (χ1n) is 10.0. The standard InChI is InChI=1S/C25H20ClN3O2/c1-17-13-22(25-27-21-9-5-6-10-24(21)31-25)28-29(17)15-19-14-20(26)11-12-23(19)30-16-18-7-3-2-4-8-18/h2-14H,15-16H2,1H3. The number of hydrogen-bond donors (Lipinski definition) is 0. The first-order chi connectivity index (χ1) is 15.2. The fourth-order valence-electron chi connectivity index (χ4n) is 3.47. The third kappa shape index (κ3) is 4.18. The Hall–Kier alpha value is -3.57. The Bertz CT molecular complexity index is 1310. The lowest BCUT2D eigenvalue weighted by molar-refractivity contribution is 0.302. The molecule has 0 atom stereocenters. The van der Waals surface area contributed by atoms with Crippen molar-refractivity contribution in [2.24, 2.45) is 0 Å². The van der Waals surface area contributed by atoms with Crippen LogP contribution in [0.4, 0.5) is 0 Å². The summed E-state index contributed by atoms with van der Waals surface area (Å²) in [6.07, 6.45) is 0. The maximum atomic E-state index is 6.28. The molecule has 0 aliphatic carbocycles. The zero-order valence-corrected chi connectivity index (χ0v) is 17.7. The smallest absolute Gasteiger partial charge is 0.248 e. The second kappa shape index (κ2) is 8.28. The SMILES string of the molecule is Cc1cc(-c2nc3ccccc3o2)nn1Cc1cc(Cl)ccc1OCc1ccccc1. The van der Waals surface area contributed by atoms with Gasteiger partial charge in [-0.15, -0.1) is 0 Å². The molecule has 0 aliphatic rings. The number of rotatable bonds is 6. The lowest BCUT2D eigenvalue weighted by Gasteiger charge is -2.13. The largest absolute Gasteiger partial charge is 0.489 e. The van der Waals surface area contributed by atoms with Crippen molar-refractivity contribution in [2.75, 3.05) is 0 Å². The van der Waals surface area contributed by atoms with E-state index in [1.54, 1.807) is 0 Å². The van der Waals surface area contributed by atoms with E-state index in [9.17, 15) is 0 Å². The fraction of sp³-hybridized carbons (Fsp3) is 0.120. The number of oxazole rings is 1. The summed E-state index contributed by atoms with van der Waals surface area (Å²) in [5.41, 5.74) is 5.32. The van der Waals surface area contributed by atoms with Gasteiger partial charge in [-0.1, -0.05) is 54.1 Å². The second-order valence-corrected chi connectivity index (χ2v) is 7.78. The van der Waals surface area contributed by atoms with Gasteiger partial charge in [0.05, 0.1) is 6.54 Å². The van der Waals surface area contributed by atoms with Crippen LogP contribution in [0, 0.1) is 6.92 Å². The number of benzene rings is 3. The van der Waals surface area contributed by atoms with Crippen molar-refractivity contribution >= 4 is 22.7 Å². The molecule has 0 amide bonds. The van der Waals surface area contributed by atoms with Gasteiger partial charge in [-0.25, -0.2) is 4.98 Å². The van der Waals surface area contributed by atoms with Crippen molar-refractivity contribution in [3.8, 4) is 17.3 Å². The molecule has 2 heterocycles. The molecule has 0 radical (unpaired) electrons. The fourth-order valence-corrected chi connectivity index (χ4v) is 3.66. The van der Waals surface area contributed by atoms with Crippen LogP contribution in [0.2, 0.25) is 5.02 Å². The molecule has 0 bridgehead atoms. The van der Waals surface area contributed by atoms with Gasteiger partial charge in [-0.05, 0) is 48.9 Å². The Morgan fingerprint density at radius 1 is 0.968 bits per heavy atom. The van der Waals surface area contributed by atoms with E-state index in [1.165, 1.54) is 0 Å². The number of halogens is 1. The van der Waals surface area contributed by atoms with Gasteiger partial charge in [0.2, 0.25) is 5.89 Å². The molecule has 0 saturated carbocycles. The van der Waals surface area contributed by atoms with Crippen molar-refractivity contribution in [3.63, 3.8) is 0 Å². The van der Waals surface area contributed by atoms with Gasteiger partial charge < -0.3 is 9.15 Å². The van der Waals surface area contributed by atoms with E-state index in [0.29, 0.717) is 29.8 Å². The molecule has 5 nitrogen and oxygen atoms in total. The molecule has 0 saturated heterocycles. The highest BCUT2D eigenvalue weighted by atomic mass is 35.5. The second-order valence-electron chi connectivity index (χ2n) is 7.34. The van der Waals surface area contributed by atoms with Crippen LogP contribution in [-0.4, -0.2) is 14.8 Å². The normalized spacial score (nSPS) is 11.2. The summed E-state index contributed by atoms with van der Waals surface area (Å²) in [6, 6.07) is 25.4. The van der Waals surface area contributed by atoms with Crippen LogP contribution in [0.5, 0.6) is 5.75 Å². The molecule has 5 rings (SSSR count). The Labute approximate surface area is 184 Å². The molecule has 0 aliphatic heterocycles. The van der Waals surface area contributed by atoms with Gasteiger partial charge in [-0.3, -0.25) is 4.68 Å². The van der Waals surface area contributed by atoms with E-state index in [0.717, 1.165) is 33.7 Å². The Morgan fingerprint density at radius 3 is 2.61 bits per heavy atom. The minimum absolute atomic E-state index is 0.488. The summed E-state index contributed by atoms with van der Waals surface area (Å²) in [4.78, 5) is 4.55. The van der Waals surface area contributed by atoms with Gasteiger partial charge in [-0.2, -0.15) is 5.10 Å². The molecular formula is C25H20ClN3O2. The summed E-state index contributed by atoms with van der Waals surface area (Å²) in [5.74, 6) is 1.29. The van der Waals surface area contributed by atoms with E-state index >= 15 is 0 Å². The van der Waals surface area contributed by atoms with Crippen molar-refractivity contribution in [2.45, 2.75) is 20.1 Å². The molecule has 5 aromatic rings. The van der Waals surface area contributed by atoms with Crippen LogP contribution in [0.3, 0.4) is 0 Å². The molecule has 0 unspecified atom stereocenters. The van der Waals surface area contributed by atoms with Crippen LogP contribution in [0.1, 0.15) is 16.8 Å². The number of fused-ring (bicyclic) bond motifs is 1. The van der Waals surface area contributed by atoms with Crippen LogP contribution in [-0.2, 0) is 13.2 Å². The molecular weight excluding hydrogens is 410 g/mol. The van der Waals surface area contributed by atoms with Crippen LogP contribution < -0.4 is 4.74 Å². The van der Waals surface area contributed by atoms with Gasteiger partial charge in [0, 0.05) is 16.3 Å². The average molecular weight is 430 g/mol. The van der Waals surface area contributed by atoms with Gasteiger partial charge >= 0.3 is 0 Å². The van der Waals surface area contributed by atoms with Gasteiger partial charge in [0.15, 0.2) is 5.58 Å². The summed E-state index contributed by atoms with van der Waals surface area (Å²) < 4.78 is 13.9. The molecule has 31 heavy (non-hydrogen) atoms. The first-order valence-corrected chi connectivity index (χ1v) is 10.4. The molecule has 0 fully saturated rings. The van der Waals surface area contributed by atoms with Crippen LogP contribution in [0.15, 0.2) is 83.3 Å². The van der Waals surface area contributed by atoms with Crippen LogP contribution in [0.25, 0.3) is 22.7 Å². The molecule has 0 N–H and O–H groups in total. The highest BCUT2D eigenvalue weighted by molar-refractivity contribution is 6.30. The molecule has 2 aromatic heterocycles. The highest BCUT2D eigenvalue weighted by Gasteiger charge is 2.15. The number of aryl methyl sites for hydroxylation is 1. The number of aromatic nitrogens is 3. The predicted octanol–water partition coefficient (Wildman–Crippen LogP) is 6.28. The van der Waals surface area contributed by atoms with Crippen molar-refractivity contribution in [3.05, 3.63) is 101 Å². The number of para-hydroxylation sites is 2. The quantitative estimate of drug-likeness (QED) is 0.318. The maximum absolute atomic E-state index is 6.28. The van der Waals surface area contributed by atoms with E-state index in [1.807, 2.05) is 90.5 Å². The summed E-state index contributed by atoms with van der Waals surface area (Å²) in [7, 11) is 0. The molecule has 6 heteroatoms. The lowest BCUT2D eigenvalue weighted by atomic mass is 10.2. The minimum Gasteiger partial charge on any atom is -0.489 e. The minimum atomic E-state index is 0.488. The summed E-state index contributed by atoms with van der Waals surface area (Å²) >= 11 is 6.28. The molecule has 154 valence electrons. The Morgan fingerprint density at radius 2 is 1.77 bits per heavy atom. The van der Waals surface area contributed by atoms with E-state index in [-0.39, 0.29) is 0 Å². The van der Waals surface area contributed by atoms with Crippen molar-refractivity contribution in [1.82, 2.24) is 14.8 Å². The summed E-state index contributed by atoms with van der Waals surface area (Å²) in [6.45, 7) is 3.02. The van der Waals surface area contributed by atoms with Gasteiger partial charge in [0.1, 0.15) is 23.6 Å². The van der Waals surface area contributed by atoms with Crippen molar-refractivity contribution in [1.29, 1.82) is 0 Å². The van der Waals surface area contributed by atoms with Crippen molar-refractivity contribution < 1.29 is 9.15 Å². The van der Waals surface area contributed by atoms with Crippen LogP contribution >= 0.6 is 11.6 Å². The lowest BCUT2D eigenvalue weighted by Crippen LogP contribution is -2.06. The molecule has 0 spiro atoms. The van der Waals surface area contributed by atoms with Gasteiger partial charge in [0.25, 0.3) is 0 Å². The van der Waals surface area contributed by atoms with E-state index in [2.05, 4.69) is 4.98 Å². The maximum Gasteiger partial charge on any atom is 0.248 e. The topological polar surface area (TPSA) is 53.1 Å². The zero-order valence-electron chi connectivity index (χ0n) is 17.0. The number of nitrogens with zero attached hydrogens (tertiary/aromatic N) is 3. The first kappa shape index (κ1) is 19.4. The molecule has 3 aromatic carbocycles. The monoisotopic (exact) mass is 429 g/mol. The Kier molecular flexibility index (Phi) is 5.18. The van der Waals surface area contributed by atoms with E-state index < -0.39 is 0 Å². The Balaban J connectivity index is 1.41. The van der Waals surface area contributed by atoms with E-state index in [4.69, 9.17) is 25.9 Å². The number of hydrogen-bond acceptors (Lipinski definition) is 4. The predicted molar refractivity (Wildman–Crippen MR) is 121 cm³/mol. The highest BCUT2D eigenvalue weighted by Crippen LogP contribution is 2.27. The average Bonchev–Trinajstić information content (AvgIpc) is 3.37. The number of ether oxygens (including phenoxy) is 1. The third-order valence-electron chi connectivity index (χ3n) is 5.07.